The predicted octanol–water partition coefficient (Wildman–Crippen LogP) is 1.11. The van der Waals surface area contributed by atoms with Gasteiger partial charge < -0.3 is 9.84 Å². The highest BCUT2D eigenvalue weighted by atomic mass is 16.5. The van der Waals surface area contributed by atoms with E-state index >= 15 is 0 Å². The molecule has 0 unspecified atom stereocenters. The van der Waals surface area contributed by atoms with Crippen molar-refractivity contribution in [1.82, 2.24) is 0 Å². The minimum Gasteiger partial charge on any atom is -0.478 e. The molecule has 72 valence electrons. The van der Waals surface area contributed by atoms with Gasteiger partial charge in [0.05, 0.1) is 6.61 Å². The number of esters is 1. The highest BCUT2D eigenvalue weighted by Gasteiger charge is 2.28. The fourth-order valence-corrected chi connectivity index (χ4v) is 1.12. The summed E-state index contributed by atoms with van der Waals surface area (Å²) in [5.41, 5.74) is 0.544. The summed E-state index contributed by atoms with van der Waals surface area (Å²) in [6.07, 6.45) is 1.76. The molecule has 0 saturated carbocycles. The van der Waals surface area contributed by atoms with Crippen LogP contribution < -0.4 is 0 Å². The average molecular weight is 184 g/mol. The van der Waals surface area contributed by atoms with E-state index in [1.54, 1.807) is 0 Å². The SMILES string of the molecule is CCCOC(=O)C1=C(C(=O)O)CC1. The van der Waals surface area contributed by atoms with Gasteiger partial charge in [-0.05, 0) is 19.3 Å². The summed E-state index contributed by atoms with van der Waals surface area (Å²) in [6.45, 7) is 2.25. The van der Waals surface area contributed by atoms with Crippen molar-refractivity contribution in [2.45, 2.75) is 26.2 Å². The topological polar surface area (TPSA) is 63.6 Å². The Labute approximate surface area is 76.2 Å². The molecule has 0 spiro atoms. The summed E-state index contributed by atoms with van der Waals surface area (Å²) in [7, 11) is 0. The van der Waals surface area contributed by atoms with E-state index in [1.807, 2.05) is 6.92 Å². The third-order valence-corrected chi connectivity index (χ3v) is 1.93. The second kappa shape index (κ2) is 4.07. The first-order valence-electron chi connectivity index (χ1n) is 4.29. The van der Waals surface area contributed by atoms with Crippen LogP contribution in [0.4, 0.5) is 0 Å². The number of carboxylic acids is 1. The van der Waals surface area contributed by atoms with Crippen LogP contribution in [0.25, 0.3) is 0 Å². The number of carbonyl (C=O) groups is 2. The molecule has 0 aliphatic heterocycles. The van der Waals surface area contributed by atoms with Gasteiger partial charge in [0.15, 0.2) is 0 Å². The number of hydrogen-bond donors (Lipinski definition) is 1. The van der Waals surface area contributed by atoms with Gasteiger partial charge in [-0.3, -0.25) is 0 Å². The quantitative estimate of drug-likeness (QED) is 0.665. The average Bonchev–Trinajstić information content (AvgIpc) is 1.97. The summed E-state index contributed by atoms with van der Waals surface area (Å²) in [6, 6.07) is 0. The van der Waals surface area contributed by atoms with E-state index in [2.05, 4.69) is 0 Å². The Morgan fingerprint density at radius 2 is 2.00 bits per heavy atom. The van der Waals surface area contributed by atoms with Crippen molar-refractivity contribution in [1.29, 1.82) is 0 Å². The summed E-state index contributed by atoms with van der Waals surface area (Å²) < 4.78 is 4.82. The molecule has 0 saturated heterocycles. The van der Waals surface area contributed by atoms with E-state index in [9.17, 15) is 9.59 Å². The number of carboxylic acid groups (broad SMARTS) is 1. The highest BCUT2D eigenvalue weighted by Crippen LogP contribution is 2.28. The second-order valence-corrected chi connectivity index (χ2v) is 2.90. The Balaban J connectivity index is 2.57. The monoisotopic (exact) mass is 184 g/mol. The fourth-order valence-electron chi connectivity index (χ4n) is 1.12. The van der Waals surface area contributed by atoms with E-state index in [0.29, 0.717) is 25.0 Å². The van der Waals surface area contributed by atoms with Crippen molar-refractivity contribution in [3.05, 3.63) is 11.1 Å². The zero-order valence-electron chi connectivity index (χ0n) is 7.50. The lowest BCUT2D eigenvalue weighted by Crippen LogP contribution is -2.21. The maximum Gasteiger partial charge on any atom is 0.334 e. The third-order valence-electron chi connectivity index (χ3n) is 1.93. The summed E-state index contributed by atoms with van der Waals surface area (Å²) >= 11 is 0. The van der Waals surface area contributed by atoms with Crippen molar-refractivity contribution in [2.75, 3.05) is 6.61 Å². The molecule has 0 heterocycles. The first-order valence-corrected chi connectivity index (χ1v) is 4.29. The molecule has 0 radical (unpaired) electrons. The van der Waals surface area contributed by atoms with Gasteiger partial charge in [-0.2, -0.15) is 0 Å². The zero-order chi connectivity index (χ0) is 9.84. The van der Waals surface area contributed by atoms with E-state index in [4.69, 9.17) is 9.84 Å². The Morgan fingerprint density at radius 3 is 2.38 bits per heavy atom. The van der Waals surface area contributed by atoms with Gasteiger partial charge in [0.25, 0.3) is 0 Å². The van der Waals surface area contributed by atoms with Crippen molar-refractivity contribution in [3.63, 3.8) is 0 Å². The fraction of sp³-hybridized carbons (Fsp3) is 0.556. The molecule has 0 amide bonds. The van der Waals surface area contributed by atoms with Crippen LogP contribution in [0.5, 0.6) is 0 Å². The lowest BCUT2D eigenvalue weighted by atomic mass is 9.88. The molecule has 1 rings (SSSR count). The molecule has 0 aromatic carbocycles. The molecule has 4 nitrogen and oxygen atoms in total. The second-order valence-electron chi connectivity index (χ2n) is 2.90. The van der Waals surface area contributed by atoms with Crippen molar-refractivity contribution in [2.24, 2.45) is 0 Å². The molecule has 0 atom stereocenters. The summed E-state index contributed by atoms with van der Waals surface area (Å²) in [5, 5.41) is 8.61. The summed E-state index contributed by atoms with van der Waals surface area (Å²) in [5.74, 6) is -1.47. The van der Waals surface area contributed by atoms with Crippen molar-refractivity contribution < 1.29 is 19.4 Å². The van der Waals surface area contributed by atoms with Crippen LogP contribution in [0.3, 0.4) is 0 Å². The van der Waals surface area contributed by atoms with Gasteiger partial charge in [-0.15, -0.1) is 0 Å². The van der Waals surface area contributed by atoms with Crippen LogP contribution in [0.2, 0.25) is 0 Å². The molecule has 1 aliphatic carbocycles. The van der Waals surface area contributed by atoms with Gasteiger partial charge in [-0.25, -0.2) is 9.59 Å². The first-order chi connectivity index (χ1) is 6.16. The lowest BCUT2D eigenvalue weighted by Gasteiger charge is -2.18. The van der Waals surface area contributed by atoms with Crippen LogP contribution >= 0.6 is 0 Å². The van der Waals surface area contributed by atoms with E-state index in [0.717, 1.165) is 6.42 Å². The maximum atomic E-state index is 11.2. The molecular formula is C9H12O4. The number of aliphatic carboxylic acids is 1. The third kappa shape index (κ3) is 2.08. The van der Waals surface area contributed by atoms with Crippen molar-refractivity contribution >= 4 is 11.9 Å². The van der Waals surface area contributed by atoms with Gasteiger partial charge in [0.1, 0.15) is 0 Å². The highest BCUT2D eigenvalue weighted by molar-refractivity contribution is 6.02. The minimum atomic E-state index is -1.00. The molecule has 1 N–H and O–H groups in total. The Kier molecular flexibility index (Phi) is 3.06. The van der Waals surface area contributed by atoms with Gasteiger partial charge in [-0.1, -0.05) is 6.92 Å². The summed E-state index contributed by atoms with van der Waals surface area (Å²) in [4.78, 5) is 21.7. The number of carbonyl (C=O) groups excluding carboxylic acids is 1. The van der Waals surface area contributed by atoms with E-state index in [-0.39, 0.29) is 5.57 Å². The predicted molar refractivity (Wildman–Crippen MR) is 45.1 cm³/mol. The zero-order valence-corrected chi connectivity index (χ0v) is 7.50. The van der Waals surface area contributed by atoms with E-state index < -0.39 is 11.9 Å². The van der Waals surface area contributed by atoms with Gasteiger partial charge in [0, 0.05) is 11.1 Å². The number of rotatable bonds is 4. The Hall–Kier alpha value is -1.32. The van der Waals surface area contributed by atoms with Crippen LogP contribution in [0.15, 0.2) is 11.1 Å². The van der Waals surface area contributed by atoms with Gasteiger partial charge in [0.2, 0.25) is 0 Å². The van der Waals surface area contributed by atoms with Gasteiger partial charge >= 0.3 is 11.9 Å². The van der Waals surface area contributed by atoms with E-state index in [1.165, 1.54) is 0 Å². The molecule has 0 aromatic heterocycles. The maximum absolute atomic E-state index is 11.2. The van der Waals surface area contributed by atoms with Crippen LogP contribution in [0, 0.1) is 0 Å². The standard InChI is InChI=1S/C9H12O4/c1-2-5-13-9(12)7-4-3-6(7)8(10)11/h2-5H2,1H3,(H,10,11). The van der Waals surface area contributed by atoms with Crippen LogP contribution in [-0.2, 0) is 14.3 Å². The lowest BCUT2D eigenvalue weighted by molar-refractivity contribution is -0.141. The smallest absolute Gasteiger partial charge is 0.334 e. The Bertz CT molecular complexity index is 265. The number of hydrogen-bond acceptors (Lipinski definition) is 3. The van der Waals surface area contributed by atoms with Crippen LogP contribution in [-0.4, -0.2) is 23.7 Å². The largest absolute Gasteiger partial charge is 0.478 e. The molecule has 4 heteroatoms. The molecular weight excluding hydrogens is 172 g/mol. The van der Waals surface area contributed by atoms with Crippen LogP contribution in [0.1, 0.15) is 26.2 Å². The molecule has 0 aromatic rings. The molecule has 13 heavy (non-hydrogen) atoms. The molecule has 0 bridgehead atoms. The number of ether oxygens (including phenoxy) is 1. The minimum absolute atomic E-state index is 0.209. The van der Waals surface area contributed by atoms with Crippen molar-refractivity contribution in [3.8, 4) is 0 Å². The molecule has 1 aliphatic rings. The molecule has 0 fully saturated rings. The first kappa shape index (κ1) is 9.77. The normalized spacial score (nSPS) is 15.2. The Morgan fingerprint density at radius 1 is 1.38 bits per heavy atom.